The molecule has 1 unspecified atom stereocenters. The van der Waals surface area contributed by atoms with Crippen molar-refractivity contribution in [2.24, 2.45) is 5.92 Å². The molecular weight excluding hydrogens is 314 g/mol. The predicted octanol–water partition coefficient (Wildman–Crippen LogP) is 3.12. The van der Waals surface area contributed by atoms with Gasteiger partial charge < -0.3 is 15.5 Å². The van der Waals surface area contributed by atoms with E-state index in [1.54, 1.807) is 4.90 Å². The Morgan fingerprint density at radius 1 is 1.40 bits per heavy atom. The molecule has 1 fully saturated rings. The van der Waals surface area contributed by atoms with Crippen LogP contribution in [0.5, 0.6) is 0 Å². The second-order valence-electron chi connectivity index (χ2n) is 7.59. The maximum atomic E-state index is 12.9. The molecule has 0 spiro atoms. The third-order valence-electron chi connectivity index (χ3n) is 4.65. The molecule has 5 nitrogen and oxygen atoms in total. The number of carbonyl (C=O) groups is 2. The highest BCUT2D eigenvalue weighted by atomic mass is 16.2. The molecule has 25 heavy (non-hydrogen) atoms. The SMILES string of the molecule is C=C(C)c1cccc(C(C)(C)NC(=O)N2CCNC(=O)C2C(C)C)c1. The number of hydrogen-bond donors (Lipinski definition) is 2. The lowest BCUT2D eigenvalue weighted by Gasteiger charge is -2.39. The van der Waals surface area contributed by atoms with Gasteiger partial charge in [-0.2, -0.15) is 0 Å². The van der Waals surface area contributed by atoms with E-state index in [2.05, 4.69) is 17.2 Å². The minimum atomic E-state index is -0.558. The standard InChI is InChI=1S/C20H29N3O2/c1-13(2)15-8-7-9-16(12-15)20(5,6)22-19(25)23-11-10-21-18(24)17(23)14(3)4/h7-9,12,14,17H,1,10-11H2,2-6H3,(H,21,24)(H,22,25). The maximum Gasteiger partial charge on any atom is 0.318 e. The van der Waals surface area contributed by atoms with Crippen molar-refractivity contribution in [2.75, 3.05) is 13.1 Å². The average molecular weight is 343 g/mol. The number of hydrogen-bond acceptors (Lipinski definition) is 2. The van der Waals surface area contributed by atoms with Crippen LogP contribution in [0.3, 0.4) is 0 Å². The summed E-state index contributed by atoms with van der Waals surface area (Å²) in [4.78, 5) is 26.7. The van der Waals surface area contributed by atoms with Crippen molar-refractivity contribution in [1.82, 2.24) is 15.5 Å². The Bertz CT molecular complexity index is 679. The molecule has 1 atom stereocenters. The fourth-order valence-electron chi connectivity index (χ4n) is 3.16. The van der Waals surface area contributed by atoms with Crippen LogP contribution in [0.4, 0.5) is 4.79 Å². The van der Waals surface area contributed by atoms with Gasteiger partial charge in [-0.25, -0.2) is 4.79 Å². The van der Waals surface area contributed by atoms with Gasteiger partial charge in [-0.15, -0.1) is 0 Å². The fourth-order valence-corrected chi connectivity index (χ4v) is 3.16. The van der Waals surface area contributed by atoms with Gasteiger partial charge in [0.2, 0.25) is 5.91 Å². The van der Waals surface area contributed by atoms with Gasteiger partial charge in [-0.3, -0.25) is 4.79 Å². The van der Waals surface area contributed by atoms with Gasteiger partial charge in [0.1, 0.15) is 6.04 Å². The number of nitrogens with one attached hydrogen (secondary N) is 2. The van der Waals surface area contributed by atoms with Crippen molar-refractivity contribution in [3.05, 3.63) is 42.0 Å². The van der Waals surface area contributed by atoms with Crippen molar-refractivity contribution >= 4 is 17.5 Å². The second-order valence-corrected chi connectivity index (χ2v) is 7.59. The third kappa shape index (κ3) is 4.21. The molecule has 1 aromatic carbocycles. The summed E-state index contributed by atoms with van der Waals surface area (Å²) in [6.07, 6.45) is 0. The van der Waals surface area contributed by atoms with E-state index in [4.69, 9.17) is 0 Å². The van der Waals surface area contributed by atoms with Crippen LogP contribution in [0.2, 0.25) is 0 Å². The smallest absolute Gasteiger partial charge is 0.318 e. The van der Waals surface area contributed by atoms with Gasteiger partial charge in [-0.05, 0) is 43.9 Å². The summed E-state index contributed by atoms with van der Waals surface area (Å²) >= 11 is 0. The molecule has 5 heteroatoms. The lowest BCUT2D eigenvalue weighted by Crippen LogP contribution is -2.62. The molecule has 1 saturated heterocycles. The number of rotatable bonds is 4. The molecule has 3 amide bonds. The number of urea groups is 1. The molecule has 1 aliphatic heterocycles. The van der Waals surface area contributed by atoms with Crippen molar-refractivity contribution in [1.29, 1.82) is 0 Å². The van der Waals surface area contributed by atoms with Crippen LogP contribution in [0, 0.1) is 5.92 Å². The van der Waals surface area contributed by atoms with Crippen molar-refractivity contribution in [2.45, 2.75) is 46.2 Å². The third-order valence-corrected chi connectivity index (χ3v) is 4.65. The first-order valence-corrected chi connectivity index (χ1v) is 8.76. The second kappa shape index (κ2) is 7.30. The van der Waals surface area contributed by atoms with E-state index in [1.807, 2.05) is 58.9 Å². The van der Waals surface area contributed by atoms with Gasteiger partial charge >= 0.3 is 6.03 Å². The molecular formula is C20H29N3O2. The normalized spacial score (nSPS) is 18.1. The van der Waals surface area contributed by atoms with Crippen LogP contribution in [0.15, 0.2) is 30.8 Å². The molecule has 2 rings (SSSR count). The zero-order chi connectivity index (χ0) is 18.8. The molecule has 0 aromatic heterocycles. The Kier molecular flexibility index (Phi) is 5.55. The number of nitrogens with zero attached hydrogens (tertiary/aromatic N) is 1. The highest BCUT2D eigenvalue weighted by Gasteiger charge is 2.37. The maximum absolute atomic E-state index is 12.9. The van der Waals surface area contributed by atoms with Crippen LogP contribution in [-0.4, -0.2) is 36.0 Å². The highest BCUT2D eigenvalue weighted by molar-refractivity contribution is 5.88. The van der Waals surface area contributed by atoms with E-state index in [0.717, 1.165) is 16.7 Å². The number of benzene rings is 1. The topological polar surface area (TPSA) is 61.4 Å². The van der Waals surface area contributed by atoms with E-state index >= 15 is 0 Å². The molecule has 0 bridgehead atoms. The van der Waals surface area contributed by atoms with E-state index in [9.17, 15) is 9.59 Å². The molecule has 2 N–H and O–H groups in total. The molecule has 1 aromatic rings. The van der Waals surface area contributed by atoms with Crippen LogP contribution >= 0.6 is 0 Å². The van der Waals surface area contributed by atoms with Crippen molar-refractivity contribution < 1.29 is 9.59 Å². The summed E-state index contributed by atoms with van der Waals surface area (Å²) in [6, 6.07) is 7.37. The average Bonchev–Trinajstić information content (AvgIpc) is 2.53. The molecule has 136 valence electrons. The van der Waals surface area contributed by atoms with Crippen molar-refractivity contribution in [3.63, 3.8) is 0 Å². The minimum absolute atomic E-state index is 0.0564. The Hall–Kier alpha value is -2.30. The summed E-state index contributed by atoms with van der Waals surface area (Å²) in [7, 11) is 0. The number of carbonyl (C=O) groups excluding carboxylic acids is 2. The lowest BCUT2D eigenvalue weighted by molar-refractivity contribution is -0.129. The van der Waals surface area contributed by atoms with Gasteiger partial charge in [-0.1, -0.05) is 44.2 Å². The number of allylic oxidation sites excluding steroid dienone is 1. The summed E-state index contributed by atoms with van der Waals surface area (Å²) < 4.78 is 0. The first kappa shape index (κ1) is 19.0. The quantitative estimate of drug-likeness (QED) is 0.882. The zero-order valence-electron chi connectivity index (χ0n) is 15.8. The molecule has 1 heterocycles. The Balaban J connectivity index is 2.21. The van der Waals surface area contributed by atoms with Crippen molar-refractivity contribution in [3.8, 4) is 0 Å². The summed E-state index contributed by atoms with van der Waals surface area (Å²) in [5.41, 5.74) is 2.48. The van der Waals surface area contributed by atoms with E-state index in [0.29, 0.717) is 13.1 Å². The van der Waals surface area contributed by atoms with Crippen LogP contribution in [0.1, 0.15) is 45.7 Å². The van der Waals surface area contributed by atoms with Crippen LogP contribution in [-0.2, 0) is 10.3 Å². The van der Waals surface area contributed by atoms with Gasteiger partial charge in [0.05, 0.1) is 5.54 Å². The van der Waals surface area contributed by atoms with Gasteiger partial charge in [0.25, 0.3) is 0 Å². The minimum Gasteiger partial charge on any atom is -0.353 e. The fraction of sp³-hybridized carbons (Fsp3) is 0.500. The van der Waals surface area contributed by atoms with E-state index in [1.165, 1.54) is 0 Å². The predicted molar refractivity (Wildman–Crippen MR) is 101 cm³/mol. The lowest BCUT2D eigenvalue weighted by atomic mass is 9.91. The Labute approximate surface area is 150 Å². The van der Waals surface area contributed by atoms with E-state index in [-0.39, 0.29) is 17.9 Å². The zero-order valence-corrected chi connectivity index (χ0v) is 15.8. The molecule has 0 radical (unpaired) electrons. The van der Waals surface area contributed by atoms with Crippen LogP contribution in [0.25, 0.3) is 5.57 Å². The number of piperazine rings is 1. The molecule has 1 aliphatic rings. The van der Waals surface area contributed by atoms with Gasteiger partial charge in [0, 0.05) is 13.1 Å². The van der Waals surface area contributed by atoms with E-state index < -0.39 is 11.6 Å². The molecule has 0 aliphatic carbocycles. The first-order valence-electron chi connectivity index (χ1n) is 8.76. The van der Waals surface area contributed by atoms with Crippen LogP contribution < -0.4 is 10.6 Å². The van der Waals surface area contributed by atoms with Gasteiger partial charge in [0.15, 0.2) is 0 Å². The summed E-state index contributed by atoms with van der Waals surface area (Å²) in [6.45, 7) is 14.8. The monoisotopic (exact) mass is 343 g/mol. The number of amides is 3. The highest BCUT2D eigenvalue weighted by Crippen LogP contribution is 2.24. The largest absolute Gasteiger partial charge is 0.353 e. The molecule has 0 saturated carbocycles. The Morgan fingerprint density at radius 2 is 2.08 bits per heavy atom. The summed E-state index contributed by atoms with van der Waals surface area (Å²) in [5.74, 6) is -0.0283. The Morgan fingerprint density at radius 3 is 2.68 bits per heavy atom. The first-order chi connectivity index (χ1) is 11.6. The summed E-state index contributed by atoms with van der Waals surface area (Å²) in [5, 5.41) is 5.93.